The lowest BCUT2D eigenvalue weighted by Crippen LogP contribution is -2.14. The number of hydrogen-bond donors (Lipinski definition) is 1. The summed E-state index contributed by atoms with van der Waals surface area (Å²) in [4.78, 5) is 16.2. The fourth-order valence-electron chi connectivity index (χ4n) is 2.73. The normalized spacial score (nSPS) is 14.5. The van der Waals surface area contributed by atoms with Crippen LogP contribution in [0.15, 0.2) is 42.7 Å². The summed E-state index contributed by atoms with van der Waals surface area (Å²) in [5, 5.41) is 2.83. The molecule has 23 heavy (non-hydrogen) atoms. The van der Waals surface area contributed by atoms with Gasteiger partial charge in [-0.05, 0) is 56.0 Å². The molecule has 3 rings (SSSR count). The number of ether oxygens (including phenoxy) is 2. The third-order valence-corrected chi connectivity index (χ3v) is 3.96. The van der Waals surface area contributed by atoms with E-state index in [1.165, 1.54) is 12.8 Å². The fraction of sp³-hybridized carbons (Fsp3) is 0.333. The van der Waals surface area contributed by atoms with Crippen LogP contribution >= 0.6 is 0 Å². The first-order chi connectivity index (χ1) is 11.3. The monoisotopic (exact) mass is 312 g/mol. The zero-order chi connectivity index (χ0) is 16.1. The fourth-order valence-corrected chi connectivity index (χ4v) is 2.73. The van der Waals surface area contributed by atoms with Gasteiger partial charge in [-0.2, -0.15) is 0 Å². The molecule has 1 aromatic carbocycles. The number of amides is 1. The molecule has 5 nitrogen and oxygen atoms in total. The highest BCUT2D eigenvalue weighted by atomic mass is 16.5. The van der Waals surface area contributed by atoms with Gasteiger partial charge < -0.3 is 14.8 Å². The maximum absolute atomic E-state index is 12.3. The number of benzene rings is 1. The molecular formula is C18H20N2O3. The Morgan fingerprint density at radius 2 is 1.87 bits per heavy atom. The molecule has 1 saturated carbocycles. The molecular weight excluding hydrogens is 292 g/mol. The summed E-state index contributed by atoms with van der Waals surface area (Å²) in [7, 11) is 1.58. The van der Waals surface area contributed by atoms with Gasteiger partial charge in [0.05, 0.1) is 13.2 Å². The van der Waals surface area contributed by atoms with E-state index >= 15 is 0 Å². The van der Waals surface area contributed by atoms with Crippen LogP contribution in [0.2, 0.25) is 0 Å². The van der Waals surface area contributed by atoms with E-state index in [0.717, 1.165) is 12.8 Å². The Morgan fingerprint density at radius 1 is 1.13 bits per heavy atom. The summed E-state index contributed by atoms with van der Waals surface area (Å²) in [6.07, 6.45) is 8.09. The summed E-state index contributed by atoms with van der Waals surface area (Å²) in [6, 6.07) is 8.75. The molecule has 1 fully saturated rings. The van der Waals surface area contributed by atoms with Gasteiger partial charge >= 0.3 is 0 Å². The summed E-state index contributed by atoms with van der Waals surface area (Å²) < 4.78 is 11.4. The molecule has 1 aromatic heterocycles. The standard InChI is InChI=1S/C18H20N2O3/c1-22-17-12-13(18(21)20-14-8-10-19-11-9-14)6-7-16(17)23-15-4-2-3-5-15/h6-12,15H,2-5H2,1H3,(H,19,20,21). The van der Waals surface area contributed by atoms with Crippen LogP contribution in [0.25, 0.3) is 0 Å². The molecule has 0 bridgehead atoms. The molecule has 5 heteroatoms. The van der Waals surface area contributed by atoms with Gasteiger partial charge in [0, 0.05) is 23.6 Å². The van der Waals surface area contributed by atoms with Crippen molar-refractivity contribution in [3.8, 4) is 11.5 Å². The lowest BCUT2D eigenvalue weighted by Gasteiger charge is -2.16. The Hall–Kier alpha value is -2.56. The molecule has 0 atom stereocenters. The molecule has 0 aliphatic heterocycles. The van der Waals surface area contributed by atoms with Crippen molar-refractivity contribution in [2.24, 2.45) is 0 Å². The van der Waals surface area contributed by atoms with Crippen molar-refractivity contribution >= 4 is 11.6 Å². The highest BCUT2D eigenvalue weighted by molar-refractivity contribution is 6.04. The average molecular weight is 312 g/mol. The lowest BCUT2D eigenvalue weighted by molar-refractivity contribution is 0.102. The van der Waals surface area contributed by atoms with Gasteiger partial charge in [-0.15, -0.1) is 0 Å². The van der Waals surface area contributed by atoms with E-state index in [-0.39, 0.29) is 12.0 Å². The molecule has 1 aliphatic carbocycles. The number of carbonyl (C=O) groups excluding carboxylic acids is 1. The molecule has 1 N–H and O–H groups in total. The van der Waals surface area contributed by atoms with Gasteiger partial charge in [0.15, 0.2) is 11.5 Å². The lowest BCUT2D eigenvalue weighted by atomic mass is 10.1. The van der Waals surface area contributed by atoms with Crippen molar-refractivity contribution in [2.75, 3.05) is 12.4 Å². The Bertz CT molecular complexity index is 667. The highest BCUT2D eigenvalue weighted by Gasteiger charge is 2.19. The Balaban J connectivity index is 1.73. The first-order valence-corrected chi connectivity index (χ1v) is 7.82. The number of carbonyl (C=O) groups is 1. The smallest absolute Gasteiger partial charge is 0.255 e. The van der Waals surface area contributed by atoms with Gasteiger partial charge in [0.25, 0.3) is 5.91 Å². The Kier molecular flexibility index (Phi) is 4.76. The summed E-state index contributed by atoms with van der Waals surface area (Å²) in [5.41, 5.74) is 1.23. The third kappa shape index (κ3) is 3.80. The maximum atomic E-state index is 12.3. The van der Waals surface area contributed by atoms with Crippen molar-refractivity contribution in [3.05, 3.63) is 48.3 Å². The number of rotatable bonds is 5. The van der Waals surface area contributed by atoms with Crippen LogP contribution in [0.1, 0.15) is 36.0 Å². The third-order valence-electron chi connectivity index (χ3n) is 3.96. The maximum Gasteiger partial charge on any atom is 0.255 e. The van der Waals surface area contributed by atoms with Crippen molar-refractivity contribution in [1.82, 2.24) is 4.98 Å². The predicted molar refractivity (Wildman–Crippen MR) is 88.1 cm³/mol. The minimum atomic E-state index is -0.193. The Morgan fingerprint density at radius 3 is 2.57 bits per heavy atom. The van der Waals surface area contributed by atoms with Crippen LogP contribution in [0.4, 0.5) is 5.69 Å². The molecule has 2 aromatic rings. The molecule has 1 aliphatic rings. The largest absolute Gasteiger partial charge is 0.493 e. The van der Waals surface area contributed by atoms with Crippen molar-refractivity contribution in [2.45, 2.75) is 31.8 Å². The first-order valence-electron chi connectivity index (χ1n) is 7.82. The second-order valence-electron chi connectivity index (χ2n) is 5.58. The van der Waals surface area contributed by atoms with Gasteiger partial charge in [-0.1, -0.05) is 0 Å². The summed E-state index contributed by atoms with van der Waals surface area (Å²) in [6.45, 7) is 0. The van der Waals surface area contributed by atoms with E-state index in [9.17, 15) is 4.79 Å². The topological polar surface area (TPSA) is 60.5 Å². The molecule has 0 spiro atoms. The van der Waals surface area contributed by atoms with E-state index in [1.54, 1.807) is 49.8 Å². The van der Waals surface area contributed by atoms with E-state index in [4.69, 9.17) is 9.47 Å². The zero-order valence-corrected chi connectivity index (χ0v) is 13.1. The first kappa shape index (κ1) is 15.3. The van der Waals surface area contributed by atoms with Gasteiger partial charge in [-0.25, -0.2) is 0 Å². The molecule has 0 saturated heterocycles. The minimum absolute atomic E-state index is 0.193. The van der Waals surface area contributed by atoms with Crippen LogP contribution in [-0.4, -0.2) is 24.1 Å². The predicted octanol–water partition coefficient (Wildman–Crippen LogP) is 3.66. The minimum Gasteiger partial charge on any atom is -0.493 e. The van der Waals surface area contributed by atoms with E-state index in [2.05, 4.69) is 10.3 Å². The zero-order valence-electron chi connectivity index (χ0n) is 13.1. The molecule has 1 amide bonds. The van der Waals surface area contributed by atoms with E-state index in [0.29, 0.717) is 22.7 Å². The number of nitrogens with one attached hydrogen (secondary N) is 1. The van der Waals surface area contributed by atoms with Crippen LogP contribution in [0.5, 0.6) is 11.5 Å². The quantitative estimate of drug-likeness (QED) is 0.915. The number of hydrogen-bond acceptors (Lipinski definition) is 4. The number of anilines is 1. The molecule has 120 valence electrons. The number of aromatic nitrogens is 1. The van der Waals surface area contributed by atoms with Crippen molar-refractivity contribution in [3.63, 3.8) is 0 Å². The van der Waals surface area contributed by atoms with Gasteiger partial charge in [0.1, 0.15) is 0 Å². The molecule has 0 unspecified atom stereocenters. The SMILES string of the molecule is COc1cc(C(=O)Nc2ccncc2)ccc1OC1CCCC1. The second-order valence-corrected chi connectivity index (χ2v) is 5.58. The van der Waals surface area contributed by atoms with Gasteiger partial charge in [-0.3, -0.25) is 9.78 Å². The van der Waals surface area contributed by atoms with E-state index in [1.807, 2.05) is 0 Å². The van der Waals surface area contributed by atoms with Crippen LogP contribution in [0.3, 0.4) is 0 Å². The van der Waals surface area contributed by atoms with Crippen LogP contribution in [-0.2, 0) is 0 Å². The number of nitrogens with zero attached hydrogens (tertiary/aromatic N) is 1. The second kappa shape index (κ2) is 7.13. The average Bonchev–Trinajstić information content (AvgIpc) is 3.09. The summed E-state index contributed by atoms with van der Waals surface area (Å²) >= 11 is 0. The van der Waals surface area contributed by atoms with Crippen molar-refractivity contribution < 1.29 is 14.3 Å². The summed E-state index contributed by atoms with van der Waals surface area (Å²) in [5.74, 6) is 1.08. The molecule has 0 radical (unpaired) electrons. The molecule has 1 heterocycles. The van der Waals surface area contributed by atoms with Crippen LogP contribution < -0.4 is 14.8 Å². The van der Waals surface area contributed by atoms with E-state index < -0.39 is 0 Å². The Labute approximate surface area is 135 Å². The number of methoxy groups -OCH3 is 1. The van der Waals surface area contributed by atoms with Crippen molar-refractivity contribution in [1.29, 1.82) is 0 Å². The highest BCUT2D eigenvalue weighted by Crippen LogP contribution is 2.32. The van der Waals surface area contributed by atoms with Crippen LogP contribution in [0, 0.1) is 0 Å². The van der Waals surface area contributed by atoms with Gasteiger partial charge in [0.2, 0.25) is 0 Å². The number of pyridine rings is 1.